The van der Waals surface area contributed by atoms with Gasteiger partial charge in [-0.1, -0.05) is 19.3 Å². The van der Waals surface area contributed by atoms with Gasteiger partial charge in [0.2, 0.25) is 6.20 Å². The van der Waals surface area contributed by atoms with Gasteiger partial charge in [-0.2, -0.15) is 0 Å². The Labute approximate surface area is 84.5 Å². The van der Waals surface area contributed by atoms with Crippen molar-refractivity contribution < 1.29 is 4.68 Å². The first-order chi connectivity index (χ1) is 6.75. The summed E-state index contributed by atoms with van der Waals surface area (Å²) in [6, 6.07) is 0.602. The molecule has 14 heavy (non-hydrogen) atoms. The predicted octanol–water partition coefficient (Wildman–Crippen LogP) is 1.17. The molecule has 1 aromatic heterocycles. The molecular formula is C10H19N4+. The monoisotopic (exact) mass is 195 g/mol. The third kappa shape index (κ3) is 2.00. The minimum atomic E-state index is 0.602. The molecule has 4 nitrogen and oxygen atoms in total. The molecule has 1 fully saturated rings. The predicted molar refractivity (Wildman–Crippen MR) is 56.9 cm³/mol. The van der Waals surface area contributed by atoms with Crippen LogP contribution < -0.4 is 15.7 Å². The molecule has 78 valence electrons. The lowest BCUT2D eigenvalue weighted by Crippen LogP contribution is -2.30. The Balaban J connectivity index is 1.98. The molecule has 1 heterocycles. The molecule has 1 aliphatic rings. The van der Waals surface area contributed by atoms with E-state index in [2.05, 4.69) is 10.4 Å². The van der Waals surface area contributed by atoms with Crippen molar-refractivity contribution in [3.8, 4) is 0 Å². The van der Waals surface area contributed by atoms with Crippen LogP contribution in [0.5, 0.6) is 0 Å². The highest BCUT2D eigenvalue weighted by Crippen LogP contribution is 2.22. The molecular weight excluding hydrogens is 176 g/mol. The van der Waals surface area contributed by atoms with Crippen LogP contribution >= 0.6 is 0 Å². The van der Waals surface area contributed by atoms with Crippen LogP contribution in [0, 0.1) is 0 Å². The third-order valence-electron chi connectivity index (χ3n) is 2.86. The van der Waals surface area contributed by atoms with Gasteiger partial charge in [-0.25, -0.2) is 0 Å². The van der Waals surface area contributed by atoms with E-state index in [4.69, 9.17) is 5.73 Å². The topological polar surface area (TPSA) is 57.7 Å². The third-order valence-corrected chi connectivity index (χ3v) is 2.86. The number of nitrogen functional groups attached to an aromatic ring is 1. The summed E-state index contributed by atoms with van der Waals surface area (Å²) >= 11 is 0. The van der Waals surface area contributed by atoms with Gasteiger partial charge >= 0.3 is 0 Å². The molecule has 4 N–H and O–H groups in total. The first-order valence-corrected chi connectivity index (χ1v) is 5.36. The van der Waals surface area contributed by atoms with Gasteiger partial charge in [0.15, 0.2) is 12.9 Å². The minimum Gasteiger partial charge on any atom is -0.391 e. The molecule has 0 aliphatic heterocycles. The number of aryl methyl sites for hydroxylation is 1. The summed E-state index contributed by atoms with van der Waals surface area (Å²) in [5.74, 6) is 0.972. The number of hydrogen-bond donors (Lipinski definition) is 3. The van der Waals surface area contributed by atoms with E-state index < -0.39 is 0 Å². The lowest BCUT2D eigenvalue weighted by atomic mass is 9.95. The lowest BCUT2D eigenvalue weighted by molar-refractivity contribution is -0.725. The molecule has 0 atom stereocenters. The SMILES string of the molecule is C[n+]1cc(N)c(NC2CCCCC2)[nH]1. The Morgan fingerprint density at radius 3 is 2.71 bits per heavy atom. The van der Waals surface area contributed by atoms with Crippen LogP contribution in [-0.4, -0.2) is 11.1 Å². The van der Waals surface area contributed by atoms with Crippen LogP contribution in [0.4, 0.5) is 11.5 Å². The summed E-state index contributed by atoms with van der Waals surface area (Å²) in [6.45, 7) is 0. The molecule has 4 heteroatoms. The number of anilines is 2. The zero-order chi connectivity index (χ0) is 9.97. The van der Waals surface area contributed by atoms with Crippen LogP contribution in [0.15, 0.2) is 6.20 Å². The largest absolute Gasteiger partial charge is 0.391 e. The fraction of sp³-hybridized carbons (Fsp3) is 0.700. The summed E-state index contributed by atoms with van der Waals surface area (Å²) < 4.78 is 1.88. The number of nitrogens with one attached hydrogen (secondary N) is 2. The molecule has 0 amide bonds. The highest BCUT2D eigenvalue weighted by atomic mass is 15.3. The molecule has 2 rings (SSSR count). The molecule has 1 aliphatic carbocycles. The van der Waals surface area contributed by atoms with E-state index in [9.17, 15) is 0 Å². The van der Waals surface area contributed by atoms with Crippen LogP contribution in [0.1, 0.15) is 32.1 Å². The fourth-order valence-corrected chi connectivity index (χ4v) is 2.11. The van der Waals surface area contributed by atoms with E-state index in [1.54, 1.807) is 0 Å². The number of H-pyrrole nitrogens is 1. The van der Waals surface area contributed by atoms with E-state index in [-0.39, 0.29) is 0 Å². The molecule has 1 aromatic rings. The second kappa shape index (κ2) is 3.90. The average molecular weight is 195 g/mol. The Kier molecular flexibility index (Phi) is 2.61. The Morgan fingerprint density at radius 2 is 2.14 bits per heavy atom. The van der Waals surface area contributed by atoms with Crippen LogP contribution in [0.2, 0.25) is 0 Å². The number of nitrogens with two attached hydrogens (primary N) is 1. The van der Waals surface area contributed by atoms with Crippen molar-refractivity contribution in [2.45, 2.75) is 38.1 Å². The van der Waals surface area contributed by atoms with Crippen molar-refractivity contribution >= 4 is 11.5 Å². The van der Waals surface area contributed by atoms with Crippen molar-refractivity contribution in [1.82, 2.24) is 5.10 Å². The van der Waals surface area contributed by atoms with Gasteiger partial charge in [-0.05, 0) is 12.8 Å². The quantitative estimate of drug-likeness (QED) is 0.620. The highest BCUT2D eigenvalue weighted by Gasteiger charge is 2.16. The highest BCUT2D eigenvalue weighted by molar-refractivity contribution is 5.58. The standard InChI is InChI=1S/C10H18N4/c1-14-7-9(11)10(13-14)12-8-5-3-2-4-6-8/h7-8H,2-6,11H2,1H3,(H,12,13)/p+1. The zero-order valence-corrected chi connectivity index (χ0v) is 8.71. The number of nitrogens with zero attached hydrogens (tertiary/aromatic N) is 1. The van der Waals surface area contributed by atoms with Gasteiger partial charge in [-0.3, -0.25) is 0 Å². The summed E-state index contributed by atoms with van der Waals surface area (Å²) in [5, 5.41) is 6.64. The van der Waals surface area contributed by atoms with E-state index in [1.807, 2.05) is 17.9 Å². The van der Waals surface area contributed by atoms with Crippen molar-refractivity contribution in [2.75, 3.05) is 11.1 Å². The van der Waals surface area contributed by atoms with Crippen molar-refractivity contribution in [3.63, 3.8) is 0 Å². The van der Waals surface area contributed by atoms with Gasteiger partial charge in [0, 0.05) is 6.04 Å². The number of hydrogen-bond acceptors (Lipinski definition) is 2. The van der Waals surface area contributed by atoms with Gasteiger partial charge < -0.3 is 11.1 Å². The maximum atomic E-state index is 5.84. The van der Waals surface area contributed by atoms with Crippen molar-refractivity contribution in [1.29, 1.82) is 0 Å². The second-order valence-electron chi connectivity index (χ2n) is 4.16. The number of rotatable bonds is 2. The maximum absolute atomic E-state index is 5.84. The van der Waals surface area contributed by atoms with E-state index in [0.29, 0.717) is 6.04 Å². The van der Waals surface area contributed by atoms with Crippen molar-refractivity contribution in [2.24, 2.45) is 7.05 Å². The first kappa shape index (κ1) is 9.37. The normalized spacial score (nSPS) is 18.4. The molecule has 0 aromatic carbocycles. The number of aromatic nitrogens is 2. The van der Waals surface area contributed by atoms with E-state index >= 15 is 0 Å². The second-order valence-corrected chi connectivity index (χ2v) is 4.16. The minimum absolute atomic E-state index is 0.602. The molecule has 1 saturated carbocycles. The summed E-state index contributed by atoms with van der Waals surface area (Å²) in [4.78, 5) is 0. The summed E-state index contributed by atoms with van der Waals surface area (Å²) in [5.41, 5.74) is 6.65. The summed E-state index contributed by atoms with van der Waals surface area (Å²) in [7, 11) is 1.95. The van der Waals surface area contributed by atoms with Crippen molar-refractivity contribution in [3.05, 3.63) is 6.20 Å². The van der Waals surface area contributed by atoms with Crippen LogP contribution in [0.3, 0.4) is 0 Å². The van der Waals surface area contributed by atoms with Gasteiger partial charge in [-0.15, -0.1) is 9.78 Å². The Morgan fingerprint density at radius 1 is 1.43 bits per heavy atom. The molecule has 0 bridgehead atoms. The van der Waals surface area contributed by atoms with Gasteiger partial charge in [0.25, 0.3) is 0 Å². The summed E-state index contributed by atoms with van der Waals surface area (Å²) in [6.07, 6.45) is 8.48. The Hall–Kier alpha value is -1.19. The van der Waals surface area contributed by atoms with Gasteiger partial charge in [0.05, 0.1) is 0 Å². The Bertz CT molecular complexity index is 299. The number of aromatic amines is 1. The van der Waals surface area contributed by atoms with Crippen LogP contribution in [0.25, 0.3) is 0 Å². The average Bonchev–Trinajstić information content (AvgIpc) is 2.47. The molecule has 0 spiro atoms. The fourth-order valence-electron chi connectivity index (χ4n) is 2.11. The van der Waals surface area contributed by atoms with E-state index in [1.165, 1.54) is 32.1 Å². The molecule has 0 unspecified atom stereocenters. The van der Waals surface area contributed by atoms with Gasteiger partial charge in [0.1, 0.15) is 5.69 Å². The molecule has 0 saturated heterocycles. The van der Waals surface area contributed by atoms with E-state index in [0.717, 1.165) is 11.5 Å². The lowest BCUT2D eigenvalue weighted by Gasteiger charge is -2.22. The first-order valence-electron chi connectivity index (χ1n) is 5.36. The smallest absolute Gasteiger partial charge is 0.220 e. The molecule has 0 radical (unpaired) electrons. The maximum Gasteiger partial charge on any atom is 0.220 e. The zero-order valence-electron chi connectivity index (χ0n) is 8.71. The van der Waals surface area contributed by atoms with Crippen LogP contribution in [-0.2, 0) is 7.05 Å².